The third-order valence-electron chi connectivity index (χ3n) is 3.38. The first-order valence-corrected chi connectivity index (χ1v) is 6.37. The maximum Gasteiger partial charge on any atom is 0.0998 e. The molecule has 76 valence electrons. The predicted molar refractivity (Wildman–Crippen MR) is 58.2 cm³/mol. The quantitative estimate of drug-likeness (QED) is 0.549. The monoisotopic (exact) mass is 246 g/mol. The number of halogens is 1. The topological polar surface area (TPSA) is 12.5 Å². The highest BCUT2D eigenvalue weighted by atomic mass is 79.9. The second kappa shape index (κ2) is 3.54. The Morgan fingerprint density at radius 1 is 1.54 bits per heavy atom. The van der Waals surface area contributed by atoms with Crippen molar-refractivity contribution >= 4 is 15.9 Å². The molecule has 1 aliphatic carbocycles. The van der Waals surface area contributed by atoms with Gasteiger partial charge in [-0.25, -0.2) is 0 Å². The molecule has 0 bridgehead atoms. The van der Waals surface area contributed by atoms with Gasteiger partial charge in [-0.2, -0.15) is 0 Å². The minimum atomic E-state index is 0.302. The van der Waals surface area contributed by atoms with Crippen LogP contribution in [0.5, 0.6) is 0 Å². The van der Waals surface area contributed by atoms with Crippen LogP contribution in [0.25, 0.3) is 0 Å². The van der Waals surface area contributed by atoms with Crippen LogP contribution in [0.1, 0.15) is 46.0 Å². The van der Waals surface area contributed by atoms with E-state index in [-0.39, 0.29) is 0 Å². The highest BCUT2D eigenvalue weighted by Gasteiger charge is 2.59. The van der Waals surface area contributed by atoms with Gasteiger partial charge in [-0.15, -0.1) is 0 Å². The van der Waals surface area contributed by atoms with E-state index in [1.54, 1.807) is 0 Å². The summed E-state index contributed by atoms with van der Waals surface area (Å²) in [5.41, 5.74) is 0.302. The van der Waals surface area contributed by atoms with Crippen LogP contribution in [0.15, 0.2) is 0 Å². The zero-order valence-electron chi connectivity index (χ0n) is 8.55. The molecular weight excluding hydrogens is 228 g/mol. The standard InChI is InChI=1S/C11H19BrO/c1-8(2)5-7-11-6-3-4-9(12)10(11)13-11/h8-10H,3-7H2,1-2H3. The normalized spacial score (nSPS) is 43.4. The van der Waals surface area contributed by atoms with E-state index in [0.29, 0.717) is 16.5 Å². The molecule has 0 amide bonds. The van der Waals surface area contributed by atoms with Gasteiger partial charge in [0.05, 0.1) is 11.7 Å². The Morgan fingerprint density at radius 3 is 3.00 bits per heavy atom. The Hall–Kier alpha value is 0.440. The number of ether oxygens (including phenoxy) is 1. The number of hydrogen-bond donors (Lipinski definition) is 0. The van der Waals surface area contributed by atoms with Gasteiger partial charge < -0.3 is 4.74 Å². The van der Waals surface area contributed by atoms with E-state index in [4.69, 9.17) is 4.74 Å². The summed E-state index contributed by atoms with van der Waals surface area (Å²) in [5, 5.41) is 0. The van der Waals surface area contributed by atoms with Gasteiger partial charge >= 0.3 is 0 Å². The van der Waals surface area contributed by atoms with Gasteiger partial charge in [0.2, 0.25) is 0 Å². The summed E-state index contributed by atoms with van der Waals surface area (Å²) in [4.78, 5) is 0.633. The molecule has 1 heterocycles. The number of rotatable bonds is 3. The molecule has 0 radical (unpaired) electrons. The van der Waals surface area contributed by atoms with E-state index in [1.165, 1.54) is 32.1 Å². The zero-order chi connectivity index (χ0) is 9.47. The first-order chi connectivity index (χ1) is 6.14. The van der Waals surface area contributed by atoms with Crippen molar-refractivity contribution in [1.29, 1.82) is 0 Å². The Morgan fingerprint density at radius 2 is 2.31 bits per heavy atom. The first kappa shape index (κ1) is 9.97. The van der Waals surface area contributed by atoms with Crippen LogP contribution in [-0.2, 0) is 4.74 Å². The van der Waals surface area contributed by atoms with Crippen molar-refractivity contribution in [1.82, 2.24) is 0 Å². The van der Waals surface area contributed by atoms with Crippen LogP contribution in [0.3, 0.4) is 0 Å². The van der Waals surface area contributed by atoms with Gasteiger partial charge in [0.25, 0.3) is 0 Å². The van der Waals surface area contributed by atoms with E-state index >= 15 is 0 Å². The molecule has 2 heteroatoms. The SMILES string of the molecule is CC(C)CCC12CCCC(Br)C1O2. The predicted octanol–water partition coefficient (Wildman–Crippen LogP) is 3.51. The molecule has 0 N–H and O–H groups in total. The van der Waals surface area contributed by atoms with Crippen LogP contribution in [0, 0.1) is 5.92 Å². The lowest BCUT2D eigenvalue weighted by Crippen LogP contribution is -2.26. The fourth-order valence-electron chi connectivity index (χ4n) is 2.43. The second-order valence-corrected chi connectivity index (χ2v) is 6.12. The number of epoxide rings is 1. The minimum absolute atomic E-state index is 0.302. The highest BCUT2D eigenvalue weighted by molar-refractivity contribution is 9.09. The molecule has 3 atom stereocenters. The van der Waals surface area contributed by atoms with E-state index < -0.39 is 0 Å². The maximum absolute atomic E-state index is 5.88. The lowest BCUT2D eigenvalue weighted by atomic mass is 9.84. The maximum atomic E-state index is 5.88. The van der Waals surface area contributed by atoms with Gasteiger partial charge in [0.1, 0.15) is 0 Å². The molecule has 0 aromatic carbocycles. The molecule has 0 aromatic rings. The molecule has 13 heavy (non-hydrogen) atoms. The highest BCUT2D eigenvalue weighted by Crippen LogP contribution is 2.53. The molecule has 1 aliphatic heterocycles. The molecule has 2 fully saturated rings. The Labute approximate surface area is 89.4 Å². The summed E-state index contributed by atoms with van der Waals surface area (Å²) in [6.07, 6.45) is 7.07. The third kappa shape index (κ3) is 1.94. The second-order valence-electron chi connectivity index (χ2n) is 4.94. The Balaban J connectivity index is 1.85. The number of fused-ring (bicyclic) bond motifs is 1. The largest absolute Gasteiger partial charge is 0.365 e. The lowest BCUT2D eigenvalue weighted by molar-refractivity contribution is 0.258. The van der Waals surface area contributed by atoms with Gasteiger partial charge in [-0.05, 0) is 38.0 Å². The summed E-state index contributed by atoms with van der Waals surface area (Å²) >= 11 is 3.71. The molecule has 0 spiro atoms. The third-order valence-corrected chi connectivity index (χ3v) is 4.31. The summed E-state index contributed by atoms with van der Waals surface area (Å²) in [5.74, 6) is 0.815. The van der Waals surface area contributed by atoms with Gasteiger partial charge in [0.15, 0.2) is 0 Å². The van der Waals surface area contributed by atoms with Crippen LogP contribution in [0.2, 0.25) is 0 Å². The minimum Gasteiger partial charge on any atom is -0.365 e. The van der Waals surface area contributed by atoms with Crippen molar-refractivity contribution in [3.05, 3.63) is 0 Å². The van der Waals surface area contributed by atoms with E-state index in [2.05, 4.69) is 29.8 Å². The molecule has 1 saturated heterocycles. The smallest absolute Gasteiger partial charge is 0.0998 e. The molecule has 0 aromatic heterocycles. The van der Waals surface area contributed by atoms with E-state index in [9.17, 15) is 0 Å². The van der Waals surface area contributed by atoms with Crippen molar-refractivity contribution in [2.24, 2.45) is 5.92 Å². The lowest BCUT2D eigenvalue weighted by Gasteiger charge is -2.20. The van der Waals surface area contributed by atoms with Crippen LogP contribution in [0.4, 0.5) is 0 Å². The van der Waals surface area contributed by atoms with Crippen molar-refractivity contribution in [3.8, 4) is 0 Å². The summed E-state index contributed by atoms with van der Waals surface area (Å²) in [6.45, 7) is 4.59. The number of alkyl halides is 1. The average Bonchev–Trinajstić information content (AvgIpc) is 2.78. The van der Waals surface area contributed by atoms with Crippen LogP contribution < -0.4 is 0 Å². The summed E-state index contributed by atoms with van der Waals surface area (Å²) in [6, 6.07) is 0. The molecule has 2 rings (SSSR count). The van der Waals surface area contributed by atoms with Gasteiger partial charge in [-0.1, -0.05) is 29.8 Å². The van der Waals surface area contributed by atoms with Crippen molar-refractivity contribution in [2.45, 2.75) is 62.5 Å². The molecule has 1 nitrogen and oxygen atoms in total. The number of hydrogen-bond acceptors (Lipinski definition) is 1. The van der Waals surface area contributed by atoms with Crippen molar-refractivity contribution in [2.75, 3.05) is 0 Å². The van der Waals surface area contributed by atoms with Crippen molar-refractivity contribution in [3.63, 3.8) is 0 Å². The molecule has 3 unspecified atom stereocenters. The van der Waals surface area contributed by atoms with Gasteiger partial charge in [-0.3, -0.25) is 0 Å². The summed E-state index contributed by atoms with van der Waals surface area (Å²) < 4.78 is 5.88. The van der Waals surface area contributed by atoms with E-state index in [1.807, 2.05) is 0 Å². The Kier molecular flexibility index (Phi) is 2.72. The van der Waals surface area contributed by atoms with Crippen LogP contribution >= 0.6 is 15.9 Å². The van der Waals surface area contributed by atoms with Gasteiger partial charge in [0, 0.05) is 4.83 Å². The molecule has 2 aliphatic rings. The Bertz CT molecular complexity index is 193. The average molecular weight is 247 g/mol. The molecular formula is C11H19BrO. The fraction of sp³-hybridized carbons (Fsp3) is 1.00. The van der Waals surface area contributed by atoms with Crippen molar-refractivity contribution < 1.29 is 4.74 Å². The zero-order valence-corrected chi connectivity index (χ0v) is 10.1. The van der Waals surface area contributed by atoms with Crippen LogP contribution in [-0.4, -0.2) is 16.5 Å². The fourth-order valence-corrected chi connectivity index (χ4v) is 3.34. The molecule has 1 saturated carbocycles. The first-order valence-electron chi connectivity index (χ1n) is 5.46. The summed E-state index contributed by atoms with van der Waals surface area (Å²) in [7, 11) is 0. The van der Waals surface area contributed by atoms with E-state index in [0.717, 1.165) is 5.92 Å².